The maximum Gasteiger partial charge on any atom is 0.122 e. The summed E-state index contributed by atoms with van der Waals surface area (Å²) in [6.07, 6.45) is 0.440. The first-order valence-electron chi connectivity index (χ1n) is 7.65. The van der Waals surface area contributed by atoms with Crippen molar-refractivity contribution < 1.29 is 14.9 Å². The summed E-state index contributed by atoms with van der Waals surface area (Å²) in [5, 5.41) is 22.3. The average Bonchev–Trinajstić information content (AvgIpc) is 2.50. The van der Waals surface area contributed by atoms with Crippen LogP contribution in [-0.2, 0) is 0 Å². The van der Waals surface area contributed by atoms with Crippen molar-refractivity contribution in [2.24, 2.45) is 0 Å². The zero-order valence-corrected chi connectivity index (χ0v) is 14.8. The van der Waals surface area contributed by atoms with E-state index in [-0.39, 0.29) is 25.6 Å². The Hall–Kier alpha value is -0.810. The summed E-state index contributed by atoms with van der Waals surface area (Å²) >= 11 is 0. The van der Waals surface area contributed by atoms with Gasteiger partial charge in [-0.05, 0) is 37.8 Å². The van der Waals surface area contributed by atoms with Gasteiger partial charge in [-0.1, -0.05) is 32.0 Å². The van der Waals surface area contributed by atoms with Crippen molar-refractivity contribution in [2.75, 3.05) is 19.8 Å². The van der Waals surface area contributed by atoms with Gasteiger partial charge in [0.1, 0.15) is 18.5 Å². The van der Waals surface area contributed by atoms with Gasteiger partial charge in [0.05, 0.1) is 6.61 Å². The van der Waals surface area contributed by atoms with E-state index in [1.807, 2.05) is 32.0 Å². The van der Waals surface area contributed by atoms with Crippen LogP contribution in [0.15, 0.2) is 24.3 Å². The molecule has 128 valence electrons. The molecule has 22 heavy (non-hydrogen) atoms. The van der Waals surface area contributed by atoms with Gasteiger partial charge in [-0.15, -0.1) is 12.4 Å². The van der Waals surface area contributed by atoms with E-state index in [1.165, 1.54) is 5.56 Å². The van der Waals surface area contributed by atoms with Crippen molar-refractivity contribution in [1.29, 1.82) is 0 Å². The number of ether oxygens (including phenoxy) is 1. The van der Waals surface area contributed by atoms with Crippen LogP contribution < -0.4 is 10.1 Å². The van der Waals surface area contributed by atoms with E-state index in [0.29, 0.717) is 12.5 Å². The second-order valence-electron chi connectivity index (χ2n) is 6.23. The number of β-amino-alcohol motifs (C(OH)–C–C–N with tert-alkyl or cyclic N) is 1. The number of hydrogen-bond donors (Lipinski definition) is 3. The van der Waals surface area contributed by atoms with Crippen molar-refractivity contribution in [3.63, 3.8) is 0 Å². The molecular weight excluding hydrogens is 302 g/mol. The summed E-state index contributed by atoms with van der Waals surface area (Å²) in [4.78, 5) is 0. The molecule has 4 nitrogen and oxygen atoms in total. The largest absolute Gasteiger partial charge is 0.491 e. The normalized spacial score (nSPS) is 14.1. The summed E-state index contributed by atoms with van der Waals surface area (Å²) in [6, 6.07) is 7.97. The summed E-state index contributed by atoms with van der Waals surface area (Å²) < 4.78 is 5.77. The first kappa shape index (κ1) is 21.2. The third-order valence-corrected chi connectivity index (χ3v) is 3.71. The Morgan fingerprint density at radius 1 is 1.27 bits per heavy atom. The van der Waals surface area contributed by atoms with E-state index < -0.39 is 11.6 Å². The van der Waals surface area contributed by atoms with Crippen molar-refractivity contribution in [3.8, 4) is 5.75 Å². The van der Waals surface area contributed by atoms with Gasteiger partial charge in [0.15, 0.2) is 0 Å². The van der Waals surface area contributed by atoms with Crippen molar-refractivity contribution in [3.05, 3.63) is 29.8 Å². The Morgan fingerprint density at radius 3 is 2.50 bits per heavy atom. The maximum atomic E-state index is 9.99. The number of hydrogen-bond acceptors (Lipinski definition) is 4. The lowest BCUT2D eigenvalue weighted by Gasteiger charge is -2.25. The van der Waals surface area contributed by atoms with Crippen LogP contribution in [0.4, 0.5) is 0 Å². The van der Waals surface area contributed by atoms with Crippen LogP contribution in [0.5, 0.6) is 5.75 Å². The van der Waals surface area contributed by atoms with Gasteiger partial charge in [-0.3, -0.25) is 0 Å². The van der Waals surface area contributed by atoms with E-state index in [1.54, 1.807) is 0 Å². The first-order valence-corrected chi connectivity index (χ1v) is 7.65. The van der Waals surface area contributed by atoms with E-state index >= 15 is 0 Å². The molecule has 0 saturated heterocycles. The second-order valence-corrected chi connectivity index (χ2v) is 6.23. The fourth-order valence-corrected chi connectivity index (χ4v) is 1.93. The highest BCUT2D eigenvalue weighted by Crippen LogP contribution is 2.28. The topological polar surface area (TPSA) is 61.7 Å². The van der Waals surface area contributed by atoms with E-state index in [0.717, 1.165) is 12.2 Å². The van der Waals surface area contributed by atoms with E-state index in [2.05, 4.69) is 25.2 Å². The van der Waals surface area contributed by atoms with Gasteiger partial charge in [-0.25, -0.2) is 0 Å². The van der Waals surface area contributed by atoms with Crippen molar-refractivity contribution in [1.82, 2.24) is 5.32 Å². The van der Waals surface area contributed by atoms with Gasteiger partial charge >= 0.3 is 0 Å². The van der Waals surface area contributed by atoms with Gasteiger partial charge in [0, 0.05) is 12.1 Å². The number of halogens is 1. The summed E-state index contributed by atoms with van der Waals surface area (Å²) in [5.74, 6) is 1.28. The van der Waals surface area contributed by atoms with Crippen LogP contribution in [-0.4, -0.2) is 41.6 Å². The number of aliphatic hydroxyl groups is 2. The van der Waals surface area contributed by atoms with Gasteiger partial charge < -0.3 is 20.3 Å². The number of nitrogens with one attached hydrogen (secondary N) is 1. The summed E-state index contributed by atoms with van der Waals surface area (Å²) in [7, 11) is 0. The molecule has 0 fully saturated rings. The van der Waals surface area contributed by atoms with Crippen LogP contribution >= 0.6 is 12.4 Å². The zero-order valence-electron chi connectivity index (χ0n) is 14.0. The molecule has 0 saturated carbocycles. The number of aliphatic hydroxyl groups excluding tert-OH is 2. The molecule has 3 N–H and O–H groups in total. The fourth-order valence-electron chi connectivity index (χ4n) is 1.93. The summed E-state index contributed by atoms with van der Waals surface area (Å²) in [5.41, 5.74) is 0.783. The highest BCUT2D eigenvalue weighted by molar-refractivity contribution is 5.85. The lowest BCUT2D eigenvalue weighted by molar-refractivity contribution is 0.0901. The SMILES string of the molecule is CCC(C)c1ccccc1OCC(O)CNC(C)(C)CO.Cl. The predicted molar refractivity (Wildman–Crippen MR) is 93.1 cm³/mol. The van der Waals surface area contributed by atoms with Gasteiger partial charge in [-0.2, -0.15) is 0 Å². The molecule has 0 spiro atoms. The smallest absolute Gasteiger partial charge is 0.122 e. The Bertz CT molecular complexity index is 426. The molecule has 0 amide bonds. The number of rotatable bonds is 9. The number of benzene rings is 1. The molecule has 2 unspecified atom stereocenters. The molecule has 0 aliphatic heterocycles. The third-order valence-electron chi connectivity index (χ3n) is 3.71. The minimum absolute atomic E-state index is 0. The molecule has 0 bridgehead atoms. The third kappa shape index (κ3) is 6.97. The highest BCUT2D eigenvalue weighted by Gasteiger charge is 2.18. The Morgan fingerprint density at radius 2 is 1.91 bits per heavy atom. The highest BCUT2D eigenvalue weighted by atomic mass is 35.5. The van der Waals surface area contributed by atoms with Crippen molar-refractivity contribution in [2.45, 2.75) is 51.7 Å². The minimum Gasteiger partial charge on any atom is -0.491 e. The molecule has 1 rings (SSSR count). The standard InChI is InChI=1S/C17H29NO3.ClH/c1-5-13(2)15-8-6-7-9-16(15)21-11-14(20)10-18-17(3,4)12-19;/h6-9,13-14,18-20H,5,10-12H2,1-4H3;1H. The zero-order chi connectivity index (χ0) is 15.9. The molecule has 1 aromatic rings. The van der Waals surface area contributed by atoms with E-state index in [9.17, 15) is 5.11 Å². The van der Waals surface area contributed by atoms with Crippen LogP contribution in [0.2, 0.25) is 0 Å². The Balaban J connectivity index is 0.00000441. The minimum atomic E-state index is -0.610. The lowest BCUT2D eigenvalue weighted by Crippen LogP contribution is -2.47. The lowest BCUT2D eigenvalue weighted by atomic mass is 9.98. The van der Waals surface area contributed by atoms with Crippen LogP contribution in [0.3, 0.4) is 0 Å². The molecule has 2 atom stereocenters. The van der Waals surface area contributed by atoms with Gasteiger partial charge in [0.25, 0.3) is 0 Å². The molecule has 0 aliphatic carbocycles. The molecule has 1 aromatic carbocycles. The average molecular weight is 332 g/mol. The predicted octanol–water partition coefficient (Wildman–Crippen LogP) is 2.72. The fraction of sp³-hybridized carbons (Fsp3) is 0.647. The van der Waals surface area contributed by atoms with Crippen molar-refractivity contribution >= 4 is 12.4 Å². The van der Waals surface area contributed by atoms with E-state index in [4.69, 9.17) is 9.84 Å². The van der Waals surface area contributed by atoms with Crippen LogP contribution in [0.25, 0.3) is 0 Å². The monoisotopic (exact) mass is 331 g/mol. The Labute approximate surface area is 140 Å². The second kappa shape index (κ2) is 10.1. The van der Waals surface area contributed by atoms with Crippen LogP contribution in [0.1, 0.15) is 45.6 Å². The quantitative estimate of drug-likeness (QED) is 0.651. The maximum absolute atomic E-state index is 9.99. The Kier molecular flexibility index (Phi) is 9.69. The van der Waals surface area contributed by atoms with Crippen LogP contribution in [0, 0.1) is 0 Å². The molecule has 0 aliphatic rings. The molecule has 5 heteroatoms. The molecule has 0 aromatic heterocycles. The molecule has 0 radical (unpaired) electrons. The number of para-hydroxylation sites is 1. The summed E-state index contributed by atoms with van der Waals surface area (Å²) in [6.45, 7) is 8.75. The van der Waals surface area contributed by atoms with Gasteiger partial charge in [0.2, 0.25) is 0 Å². The first-order chi connectivity index (χ1) is 9.89. The molecule has 0 heterocycles. The molecular formula is C17H30ClNO3.